The summed E-state index contributed by atoms with van der Waals surface area (Å²) in [6, 6.07) is 8.76. The highest BCUT2D eigenvalue weighted by molar-refractivity contribution is 9.10. The molecule has 1 N–H and O–H groups in total. The normalized spacial score (nSPS) is 14.4. The largest absolute Gasteiger partial charge is 0.317 e. The van der Waals surface area contributed by atoms with E-state index in [1.165, 1.54) is 24.8 Å². The lowest BCUT2D eigenvalue weighted by Crippen LogP contribution is -2.25. The first kappa shape index (κ1) is 15.7. The van der Waals surface area contributed by atoms with Gasteiger partial charge in [-0.1, -0.05) is 55.3 Å². The first-order chi connectivity index (χ1) is 8.65. The Morgan fingerprint density at radius 2 is 1.83 bits per heavy atom. The summed E-state index contributed by atoms with van der Waals surface area (Å²) in [6.07, 6.45) is 3.78. The Hall–Kier alpha value is -0.340. The summed E-state index contributed by atoms with van der Waals surface area (Å²) in [5.41, 5.74) is 1.45. The van der Waals surface area contributed by atoms with Crippen LogP contribution in [-0.2, 0) is 6.42 Å². The summed E-state index contributed by atoms with van der Waals surface area (Å²) in [4.78, 5) is 0. The van der Waals surface area contributed by atoms with Crippen LogP contribution in [0, 0.1) is 11.8 Å². The SMILES string of the molecule is CCNCC(Cc1ccc(Br)cc1)CC(C)CC. The van der Waals surface area contributed by atoms with Crippen molar-refractivity contribution in [3.8, 4) is 0 Å². The van der Waals surface area contributed by atoms with Crippen LogP contribution in [0.25, 0.3) is 0 Å². The Bertz CT molecular complexity index is 320. The predicted molar refractivity (Wildman–Crippen MR) is 84.0 cm³/mol. The second-order valence-electron chi connectivity index (χ2n) is 5.25. The highest BCUT2D eigenvalue weighted by atomic mass is 79.9. The highest BCUT2D eigenvalue weighted by Gasteiger charge is 2.12. The van der Waals surface area contributed by atoms with Crippen molar-refractivity contribution in [2.45, 2.75) is 40.0 Å². The number of hydrogen-bond acceptors (Lipinski definition) is 1. The van der Waals surface area contributed by atoms with E-state index in [0.717, 1.165) is 29.4 Å². The van der Waals surface area contributed by atoms with Crippen molar-refractivity contribution in [1.82, 2.24) is 5.32 Å². The molecule has 1 aromatic rings. The molecule has 0 radical (unpaired) electrons. The Kier molecular flexibility index (Phi) is 7.60. The van der Waals surface area contributed by atoms with Crippen molar-refractivity contribution < 1.29 is 0 Å². The molecule has 0 saturated carbocycles. The molecule has 0 aromatic heterocycles. The van der Waals surface area contributed by atoms with E-state index in [4.69, 9.17) is 0 Å². The van der Waals surface area contributed by atoms with E-state index in [9.17, 15) is 0 Å². The van der Waals surface area contributed by atoms with Crippen LogP contribution in [0.5, 0.6) is 0 Å². The zero-order chi connectivity index (χ0) is 13.4. The lowest BCUT2D eigenvalue weighted by Gasteiger charge is -2.21. The van der Waals surface area contributed by atoms with Crippen LogP contribution >= 0.6 is 15.9 Å². The molecule has 1 rings (SSSR count). The van der Waals surface area contributed by atoms with Gasteiger partial charge in [0, 0.05) is 4.47 Å². The zero-order valence-corrected chi connectivity index (χ0v) is 13.5. The van der Waals surface area contributed by atoms with Gasteiger partial charge in [0.1, 0.15) is 0 Å². The van der Waals surface area contributed by atoms with Crippen LogP contribution < -0.4 is 5.32 Å². The quantitative estimate of drug-likeness (QED) is 0.736. The number of halogens is 1. The Morgan fingerprint density at radius 1 is 1.17 bits per heavy atom. The van der Waals surface area contributed by atoms with Gasteiger partial charge in [-0.25, -0.2) is 0 Å². The van der Waals surface area contributed by atoms with Crippen LogP contribution in [0.4, 0.5) is 0 Å². The lowest BCUT2D eigenvalue weighted by atomic mass is 9.89. The molecule has 0 amide bonds. The fourth-order valence-corrected chi connectivity index (χ4v) is 2.54. The van der Waals surface area contributed by atoms with Crippen LogP contribution in [0.3, 0.4) is 0 Å². The molecule has 2 atom stereocenters. The van der Waals surface area contributed by atoms with Crippen LogP contribution in [0.15, 0.2) is 28.7 Å². The van der Waals surface area contributed by atoms with Gasteiger partial charge in [-0.2, -0.15) is 0 Å². The minimum atomic E-state index is 0.751. The third-order valence-corrected chi connectivity index (χ3v) is 4.08. The first-order valence-corrected chi connectivity index (χ1v) is 7.90. The average molecular weight is 312 g/mol. The van der Waals surface area contributed by atoms with E-state index in [2.05, 4.69) is 66.3 Å². The fraction of sp³-hybridized carbons (Fsp3) is 0.625. The Labute approximate surface area is 120 Å². The summed E-state index contributed by atoms with van der Waals surface area (Å²) in [5, 5.41) is 3.50. The van der Waals surface area contributed by atoms with E-state index < -0.39 is 0 Å². The minimum absolute atomic E-state index is 0.751. The molecule has 0 saturated heterocycles. The van der Waals surface area contributed by atoms with Crippen molar-refractivity contribution in [2.24, 2.45) is 11.8 Å². The van der Waals surface area contributed by atoms with Crippen molar-refractivity contribution in [3.05, 3.63) is 34.3 Å². The molecular weight excluding hydrogens is 286 g/mol. The zero-order valence-electron chi connectivity index (χ0n) is 11.9. The van der Waals surface area contributed by atoms with Crippen molar-refractivity contribution in [1.29, 1.82) is 0 Å². The van der Waals surface area contributed by atoms with Gasteiger partial charge >= 0.3 is 0 Å². The van der Waals surface area contributed by atoms with Gasteiger partial charge in [-0.15, -0.1) is 0 Å². The number of nitrogens with one attached hydrogen (secondary N) is 1. The number of benzene rings is 1. The topological polar surface area (TPSA) is 12.0 Å². The third kappa shape index (κ3) is 6.01. The van der Waals surface area contributed by atoms with Crippen molar-refractivity contribution in [2.75, 3.05) is 13.1 Å². The molecule has 0 fully saturated rings. The monoisotopic (exact) mass is 311 g/mol. The van der Waals surface area contributed by atoms with Crippen molar-refractivity contribution >= 4 is 15.9 Å². The second kappa shape index (κ2) is 8.71. The summed E-state index contributed by atoms with van der Waals surface area (Å²) in [5.74, 6) is 1.57. The summed E-state index contributed by atoms with van der Waals surface area (Å²) in [7, 11) is 0. The van der Waals surface area contributed by atoms with Gasteiger partial charge in [-0.05, 0) is 55.5 Å². The van der Waals surface area contributed by atoms with Gasteiger partial charge in [0.25, 0.3) is 0 Å². The molecular formula is C16H26BrN. The van der Waals surface area contributed by atoms with Gasteiger partial charge < -0.3 is 5.32 Å². The van der Waals surface area contributed by atoms with Crippen LogP contribution in [-0.4, -0.2) is 13.1 Å². The average Bonchev–Trinajstić information content (AvgIpc) is 2.38. The van der Waals surface area contributed by atoms with Crippen LogP contribution in [0.1, 0.15) is 39.2 Å². The molecule has 0 aliphatic heterocycles. The van der Waals surface area contributed by atoms with E-state index >= 15 is 0 Å². The van der Waals surface area contributed by atoms with E-state index in [1.54, 1.807) is 0 Å². The smallest absolute Gasteiger partial charge is 0.0175 e. The lowest BCUT2D eigenvalue weighted by molar-refractivity contribution is 0.365. The Balaban J connectivity index is 2.56. The summed E-state index contributed by atoms with van der Waals surface area (Å²) >= 11 is 3.49. The van der Waals surface area contributed by atoms with E-state index in [0.29, 0.717) is 0 Å². The molecule has 18 heavy (non-hydrogen) atoms. The Morgan fingerprint density at radius 3 is 2.39 bits per heavy atom. The molecule has 102 valence electrons. The summed E-state index contributed by atoms with van der Waals surface area (Å²) < 4.78 is 1.16. The second-order valence-corrected chi connectivity index (χ2v) is 6.17. The molecule has 0 heterocycles. The molecule has 1 aromatic carbocycles. The minimum Gasteiger partial charge on any atom is -0.317 e. The third-order valence-electron chi connectivity index (χ3n) is 3.55. The molecule has 2 unspecified atom stereocenters. The molecule has 0 aliphatic carbocycles. The maximum absolute atomic E-state index is 3.50. The predicted octanol–water partition coefficient (Wildman–Crippen LogP) is 4.65. The standard InChI is InChI=1S/C16H26BrN/c1-4-13(3)10-15(12-18-5-2)11-14-6-8-16(17)9-7-14/h6-9,13,15,18H,4-5,10-12H2,1-3H3. The number of rotatable bonds is 8. The van der Waals surface area contributed by atoms with Crippen LogP contribution in [0.2, 0.25) is 0 Å². The molecule has 0 bridgehead atoms. The molecule has 2 heteroatoms. The van der Waals surface area contributed by atoms with Crippen molar-refractivity contribution in [3.63, 3.8) is 0 Å². The van der Waals surface area contributed by atoms with E-state index in [-0.39, 0.29) is 0 Å². The number of hydrogen-bond donors (Lipinski definition) is 1. The van der Waals surface area contributed by atoms with Gasteiger partial charge in [-0.3, -0.25) is 0 Å². The van der Waals surface area contributed by atoms with Gasteiger partial charge in [0.05, 0.1) is 0 Å². The molecule has 0 aliphatic rings. The van der Waals surface area contributed by atoms with Gasteiger partial charge in [0.2, 0.25) is 0 Å². The maximum atomic E-state index is 3.50. The van der Waals surface area contributed by atoms with Gasteiger partial charge in [0.15, 0.2) is 0 Å². The fourth-order valence-electron chi connectivity index (χ4n) is 2.28. The summed E-state index contributed by atoms with van der Waals surface area (Å²) in [6.45, 7) is 9.03. The molecule has 0 spiro atoms. The first-order valence-electron chi connectivity index (χ1n) is 7.10. The van der Waals surface area contributed by atoms with E-state index in [1.807, 2.05) is 0 Å². The molecule has 1 nitrogen and oxygen atoms in total. The highest BCUT2D eigenvalue weighted by Crippen LogP contribution is 2.20. The maximum Gasteiger partial charge on any atom is 0.0175 e.